The molecule has 0 aliphatic heterocycles. The summed E-state index contributed by atoms with van der Waals surface area (Å²) in [6.45, 7) is 0. The molecular weight excluding hydrogens is 439 g/mol. The van der Waals surface area contributed by atoms with Gasteiger partial charge in [0.25, 0.3) is 21.5 Å². The smallest absolute Gasteiger partial charge is 0.299 e. The van der Waals surface area contributed by atoms with Gasteiger partial charge in [0.15, 0.2) is 0 Å². The van der Waals surface area contributed by atoms with E-state index in [1.54, 1.807) is 30.3 Å². The molecule has 0 heterocycles. The van der Waals surface area contributed by atoms with Gasteiger partial charge in [-0.1, -0.05) is 30.3 Å². The molecule has 0 aliphatic carbocycles. The minimum atomic E-state index is -4.71. The van der Waals surface area contributed by atoms with Gasteiger partial charge in [-0.25, -0.2) is 0 Å². The summed E-state index contributed by atoms with van der Waals surface area (Å²) in [6.07, 6.45) is 0. The van der Waals surface area contributed by atoms with Crippen LogP contribution in [0.2, 0.25) is 0 Å². The fraction of sp³-hybridized carbons (Fsp3) is 0. The van der Waals surface area contributed by atoms with Crippen LogP contribution in [0.3, 0.4) is 0 Å². The van der Waals surface area contributed by atoms with Crippen LogP contribution < -0.4 is 11.1 Å². The van der Waals surface area contributed by atoms with E-state index in [1.807, 2.05) is 0 Å². The monoisotopic (exact) mass is 453 g/mol. The van der Waals surface area contributed by atoms with Gasteiger partial charge in [0.2, 0.25) is 0 Å². The molecule has 0 amide bonds. The minimum absolute atomic E-state index is 0. The first-order valence-electron chi connectivity index (χ1n) is 8.24. The van der Waals surface area contributed by atoms with Crippen molar-refractivity contribution in [1.29, 1.82) is 0 Å². The van der Waals surface area contributed by atoms with Crippen LogP contribution in [0, 0.1) is 20.2 Å². The number of anilines is 3. The Morgan fingerprint density at radius 2 is 1.58 bits per heavy atom. The number of nitrogens with zero attached hydrogens (tertiary/aromatic N) is 2. The summed E-state index contributed by atoms with van der Waals surface area (Å²) in [6, 6.07) is 13.6. The van der Waals surface area contributed by atoms with Crippen LogP contribution >= 0.6 is 0 Å². The SMILES string of the molecule is Nc1cc(Nc2ccc([N+](=O)[O-])cc2[N+](=O)[O-])cc(S(=O)(=O)O)c1-c1ccccc1.[Na]. The summed E-state index contributed by atoms with van der Waals surface area (Å²) >= 11 is 0. The van der Waals surface area contributed by atoms with Crippen LogP contribution in [0.5, 0.6) is 0 Å². The fourth-order valence-corrected chi connectivity index (χ4v) is 3.64. The zero-order valence-electron chi connectivity index (χ0n) is 16.1. The van der Waals surface area contributed by atoms with E-state index >= 15 is 0 Å². The Bertz CT molecular complexity index is 1270. The number of nitrogen functional groups attached to an aromatic ring is 1. The molecule has 155 valence electrons. The van der Waals surface area contributed by atoms with Gasteiger partial charge in [0, 0.05) is 52.6 Å². The van der Waals surface area contributed by atoms with E-state index in [9.17, 15) is 33.2 Å². The Morgan fingerprint density at radius 3 is 2.13 bits per heavy atom. The van der Waals surface area contributed by atoms with Gasteiger partial charge in [-0.05, 0) is 23.8 Å². The van der Waals surface area contributed by atoms with Crippen molar-refractivity contribution in [1.82, 2.24) is 0 Å². The molecule has 0 aromatic heterocycles. The summed E-state index contributed by atoms with van der Waals surface area (Å²) in [5.41, 5.74) is 5.35. The number of non-ortho nitro benzene ring substituents is 1. The summed E-state index contributed by atoms with van der Waals surface area (Å²) in [4.78, 5) is 20.1. The number of nitrogens with two attached hydrogens (primary N) is 1. The average Bonchev–Trinajstić information content (AvgIpc) is 2.67. The van der Waals surface area contributed by atoms with Gasteiger partial charge in [0.05, 0.1) is 15.9 Å². The third-order valence-corrected chi connectivity index (χ3v) is 5.02. The van der Waals surface area contributed by atoms with Crippen molar-refractivity contribution in [2.45, 2.75) is 4.90 Å². The number of rotatable bonds is 6. The molecule has 31 heavy (non-hydrogen) atoms. The van der Waals surface area contributed by atoms with Crippen molar-refractivity contribution in [3.05, 3.63) is 80.9 Å². The molecule has 0 spiro atoms. The molecule has 3 rings (SSSR count). The zero-order chi connectivity index (χ0) is 22.1. The van der Waals surface area contributed by atoms with Gasteiger partial charge in [-0.3, -0.25) is 24.8 Å². The van der Waals surface area contributed by atoms with E-state index in [1.165, 1.54) is 6.07 Å². The summed E-state index contributed by atoms with van der Waals surface area (Å²) in [7, 11) is -4.71. The predicted octanol–water partition coefficient (Wildman–Crippen LogP) is 3.36. The molecule has 0 bridgehead atoms. The summed E-state index contributed by atoms with van der Waals surface area (Å²) < 4.78 is 33.6. The van der Waals surface area contributed by atoms with Crippen molar-refractivity contribution < 1.29 is 22.8 Å². The maximum Gasteiger partial charge on any atom is 0.299 e. The third-order valence-electron chi connectivity index (χ3n) is 4.14. The zero-order valence-corrected chi connectivity index (χ0v) is 18.9. The normalized spacial score (nSPS) is 10.7. The van der Waals surface area contributed by atoms with Crippen LogP contribution in [0.4, 0.5) is 28.4 Å². The molecule has 3 aromatic rings. The van der Waals surface area contributed by atoms with Crippen molar-refractivity contribution in [3.63, 3.8) is 0 Å². The quantitative estimate of drug-likeness (QED) is 0.166. The molecule has 0 saturated carbocycles. The molecular formula is C18H14N4NaO7S. The minimum Gasteiger partial charge on any atom is -0.398 e. The first-order valence-corrected chi connectivity index (χ1v) is 9.68. The van der Waals surface area contributed by atoms with E-state index in [2.05, 4.69) is 5.32 Å². The topological polar surface area (TPSA) is 179 Å². The van der Waals surface area contributed by atoms with Crippen molar-refractivity contribution in [2.75, 3.05) is 11.1 Å². The molecule has 11 nitrogen and oxygen atoms in total. The fourth-order valence-electron chi connectivity index (χ4n) is 2.87. The van der Waals surface area contributed by atoms with Crippen molar-refractivity contribution in [2.24, 2.45) is 0 Å². The van der Waals surface area contributed by atoms with Gasteiger partial charge >= 0.3 is 0 Å². The molecule has 0 unspecified atom stereocenters. The third kappa shape index (κ3) is 5.37. The Balaban J connectivity index is 0.00000341. The second-order valence-electron chi connectivity index (χ2n) is 6.12. The van der Waals surface area contributed by atoms with Crippen LogP contribution in [0.25, 0.3) is 11.1 Å². The Kier molecular flexibility index (Phi) is 7.36. The second kappa shape index (κ2) is 9.41. The molecule has 0 atom stereocenters. The first kappa shape index (κ1) is 24.2. The summed E-state index contributed by atoms with van der Waals surface area (Å²) in [5, 5.41) is 24.8. The van der Waals surface area contributed by atoms with Crippen molar-refractivity contribution in [3.8, 4) is 11.1 Å². The van der Waals surface area contributed by atoms with E-state index in [4.69, 9.17) is 5.73 Å². The summed E-state index contributed by atoms with van der Waals surface area (Å²) in [5.74, 6) is 0. The largest absolute Gasteiger partial charge is 0.398 e. The Labute approximate surface area is 198 Å². The average molecular weight is 453 g/mol. The number of hydrogen-bond donors (Lipinski definition) is 3. The van der Waals surface area contributed by atoms with Crippen LogP contribution in [-0.4, -0.2) is 52.4 Å². The molecule has 0 saturated heterocycles. The molecule has 3 aromatic carbocycles. The van der Waals surface area contributed by atoms with Gasteiger partial charge in [-0.2, -0.15) is 8.42 Å². The number of hydrogen-bond acceptors (Lipinski definition) is 8. The molecule has 0 aliphatic rings. The van der Waals surface area contributed by atoms with Crippen LogP contribution in [-0.2, 0) is 10.1 Å². The number of nitro benzene ring substituents is 2. The molecule has 1 radical (unpaired) electrons. The van der Waals surface area contributed by atoms with Crippen LogP contribution in [0.15, 0.2) is 65.6 Å². The maximum atomic E-state index is 12.0. The van der Waals surface area contributed by atoms with Gasteiger partial charge < -0.3 is 11.1 Å². The van der Waals surface area contributed by atoms with E-state index in [-0.39, 0.29) is 52.2 Å². The number of nitro groups is 2. The Hall–Kier alpha value is -3.03. The molecule has 4 N–H and O–H groups in total. The standard InChI is InChI=1S/C18H14N4O7S.Na/c19-14-8-12(20-15-7-6-13(21(23)24)10-16(15)22(25)26)9-17(30(27,28)29)18(14)11-4-2-1-3-5-11;/h1-10,20H,19H2,(H,27,28,29);. The van der Waals surface area contributed by atoms with Crippen molar-refractivity contribution >= 4 is 68.1 Å². The first-order chi connectivity index (χ1) is 14.1. The molecule has 0 fully saturated rings. The van der Waals surface area contributed by atoms with Crippen LogP contribution in [0.1, 0.15) is 0 Å². The Morgan fingerprint density at radius 1 is 0.935 bits per heavy atom. The van der Waals surface area contributed by atoms with Gasteiger partial charge in [0.1, 0.15) is 10.6 Å². The molecule has 13 heteroatoms. The maximum absolute atomic E-state index is 12.0. The van der Waals surface area contributed by atoms with E-state index in [0.29, 0.717) is 5.56 Å². The second-order valence-corrected chi connectivity index (χ2v) is 7.51. The number of benzene rings is 3. The van der Waals surface area contributed by atoms with E-state index in [0.717, 1.165) is 24.3 Å². The van der Waals surface area contributed by atoms with E-state index < -0.39 is 36.2 Å². The van der Waals surface area contributed by atoms with Gasteiger partial charge in [-0.15, -0.1) is 0 Å². The number of nitrogens with one attached hydrogen (secondary N) is 1. The predicted molar refractivity (Wildman–Crippen MR) is 115 cm³/mol.